The summed E-state index contributed by atoms with van der Waals surface area (Å²) < 4.78 is 5.81. The second kappa shape index (κ2) is 9.60. The van der Waals surface area contributed by atoms with Crippen molar-refractivity contribution < 1.29 is 9.53 Å². The van der Waals surface area contributed by atoms with Crippen LogP contribution in [0.25, 0.3) is 0 Å². The fourth-order valence-corrected chi connectivity index (χ4v) is 2.49. The minimum absolute atomic E-state index is 0.107. The molecular formula is C20H26N2O2. The van der Waals surface area contributed by atoms with Gasteiger partial charge in [0.2, 0.25) is 5.91 Å². The van der Waals surface area contributed by atoms with Gasteiger partial charge in [-0.3, -0.25) is 4.79 Å². The lowest BCUT2D eigenvalue weighted by atomic mass is 10.2. The van der Waals surface area contributed by atoms with Crippen LogP contribution in [0.5, 0.6) is 5.75 Å². The highest BCUT2D eigenvalue weighted by atomic mass is 16.5. The summed E-state index contributed by atoms with van der Waals surface area (Å²) >= 11 is 0. The van der Waals surface area contributed by atoms with E-state index in [0.717, 1.165) is 30.9 Å². The van der Waals surface area contributed by atoms with Gasteiger partial charge in [0, 0.05) is 31.3 Å². The van der Waals surface area contributed by atoms with Gasteiger partial charge in [-0.15, -0.1) is 0 Å². The number of hydrogen-bond donors (Lipinski definition) is 1. The van der Waals surface area contributed by atoms with Crippen LogP contribution in [0.4, 0.5) is 5.69 Å². The van der Waals surface area contributed by atoms with E-state index in [1.807, 2.05) is 61.2 Å². The number of nitrogens with one attached hydrogen (secondary N) is 1. The van der Waals surface area contributed by atoms with Gasteiger partial charge in [0.15, 0.2) is 0 Å². The largest absolute Gasteiger partial charge is 0.493 e. The van der Waals surface area contributed by atoms with Crippen LogP contribution < -0.4 is 10.1 Å². The molecule has 0 unspecified atom stereocenters. The minimum atomic E-state index is 0.107. The molecule has 2 aromatic carbocycles. The average molecular weight is 326 g/mol. The Morgan fingerprint density at radius 2 is 1.79 bits per heavy atom. The summed E-state index contributed by atoms with van der Waals surface area (Å²) in [6.45, 7) is 6.38. The molecule has 24 heavy (non-hydrogen) atoms. The Hall–Kier alpha value is -2.49. The monoisotopic (exact) mass is 326 g/mol. The van der Waals surface area contributed by atoms with Gasteiger partial charge in [-0.25, -0.2) is 0 Å². The van der Waals surface area contributed by atoms with Gasteiger partial charge in [0.25, 0.3) is 0 Å². The number of rotatable bonds is 9. The normalized spacial score (nSPS) is 10.2. The molecule has 0 aromatic heterocycles. The number of hydrogen-bond acceptors (Lipinski definition) is 3. The number of amides is 1. The van der Waals surface area contributed by atoms with Crippen LogP contribution in [0.3, 0.4) is 0 Å². The standard InChI is InChI=1S/C20H26N2O2/c1-3-22(4-2)20(23)16-21-18-11-8-12-19(15-18)24-14-13-17-9-6-5-7-10-17/h5-12,15,21H,3-4,13-14,16H2,1-2H3. The van der Waals surface area contributed by atoms with Gasteiger partial charge >= 0.3 is 0 Å². The highest BCUT2D eigenvalue weighted by Gasteiger charge is 2.08. The van der Waals surface area contributed by atoms with Gasteiger partial charge in [-0.1, -0.05) is 36.4 Å². The number of benzene rings is 2. The van der Waals surface area contributed by atoms with Crippen molar-refractivity contribution in [2.75, 3.05) is 31.6 Å². The Kier molecular flexibility index (Phi) is 7.15. The zero-order valence-corrected chi connectivity index (χ0v) is 14.5. The Morgan fingerprint density at radius 3 is 2.50 bits per heavy atom. The maximum absolute atomic E-state index is 12.0. The van der Waals surface area contributed by atoms with Crippen molar-refractivity contribution in [1.82, 2.24) is 4.90 Å². The molecule has 0 fully saturated rings. The molecule has 2 aromatic rings. The Morgan fingerprint density at radius 1 is 1.04 bits per heavy atom. The van der Waals surface area contributed by atoms with E-state index in [4.69, 9.17) is 4.74 Å². The van der Waals surface area contributed by atoms with E-state index in [1.54, 1.807) is 0 Å². The number of anilines is 1. The molecule has 0 spiro atoms. The van der Waals surface area contributed by atoms with E-state index in [-0.39, 0.29) is 5.91 Å². The lowest BCUT2D eigenvalue weighted by Crippen LogP contribution is -2.35. The molecule has 0 bridgehead atoms. The molecular weight excluding hydrogens is 300 g/mol. The lowest BCUT2D eigenvalue weighted by molar-refractivity contribution is -0.128. The number of likely N-dealkylation sites (N-methyl/N-ethyl adjacent to an activating group) is 1. The molecule has 0 heterocycles. The fourth-order valence-electron chi connectivity index (χ4n) is 2.49. The quantitative estimate of drug-likeness (QED) is 0.766. The van der Waals surface area contributed by atoms with Crippen molar-refractivity contribution in [3.05, 3.63) is 60.2 Å². The average Bonchev–Trinajstić information content (AvgIpc) is 2.62. The molecule has 4 nitrogen and oxygen atoms in total. The molecule has 0 saturated carbocycles. The minimum Gasteiger partial charge on any atom is -0.493 e. The molecule has 0 aliphatic rings. The summed E-state index contributed by atoms with van der Waals surface area (Å²) in [5.41, 5.74) is 2.16. The van der Waals surface area contributed by atoms with E-state index >= 15 is 0 Å². The lowest BCUT2D eigenvalue weighted by Gasteiger charge is -2.19. The Labute approximate surface area is 144 Å². The zero-order valence-electron chi connectivity index (χ0n) is 14.5. The van der Waals surface area contributed by atoms with Crippen molar-refractivity contribution in [1.29, 1.82) is 0 Å². The maximum atomic E-state index is 12.0. The molecule has 2 rings (SSSR count). The van der Waals surface area contributed by atoms with Crippen molar-refractivity contribution in [2.45, 2.75) is 20.3 Å². The van der Waals surface area contributed by atoms with E-state index < -0.39 is 0 Å². The summed E-state index contributed by atoms with van der Waals surface area (Å²) in [6.07, 6.45) is 0.874. The predicted molar refractivity (Wildman–Crippen MR) is 98.5 cm³/mol. The number of carbonyl (C=O) groups excluding carboxylic acids is 1. The van der Waals surface area contributed by atoms with Crippen molar-refractivity contribution in [3.8, 4) is 5.75 Å². The summed E-state index contributed by atoms with van der Waals surface area (Å²) in [7, 11) is 0. The van der Waals surface area contributed by atoms with Crippen LogP contribution in [0.1, 0.15) is 19.4 Å². The van der Waals surface area contributed by atoms with Gasteiger partial charge < -0.3 is 15.0 Å². The highest BCUT2D eigenvalue weighted by molar-refractivity contribution is 5.80. The first kappa shape index (κ1) is 17.9. The molecule has 0 aliphatic heterocycles. The molecule has 4 heteroatoms. The van der Waals surface area contributed by atoms with Crippen LogP contribution >= 0.6 is 0 Å². The molecule has 0 saturated heterocycles. The first-order chi connectivity index (χ1) is 11.7. The van der Waals surface area contributed by atoms with E-state index in [9.17, 15) is 4.79 Å². The topological polar surface area (TPSA) is 41.6 Å². The smallest absolute Gasteiger partial charge is 0.241 e. The number of nitrogens with zero attached hydrogens (tertiary/aromatic N) is 1. The third kappa shape index (κ3) is 5.61. The first-order valence-corrected chi connectivity index (χ1v) is 8.51. The Bertz CT molecular complexity index is 625. The van der Waals surface area contributed by atoms with E-state index in [1.165, 1.54) is 5.56 Å². The van der Waals surface area contributed by atoms with E-state index in [2.05, 4.69) is 17.4 Å². The second-order valence-corrected chi connectivity index (χ2v) is 5.53. The number of carbonyl (C=O) groups is 1. The van der Waals surface area contributed by atoms with Gasteiger partial charge in [-0.05, 0) is 31.5 Å². The summed E-state index contributed by atoms with van der Waals surface area (Å²) in [5.74, 6) is 0.918. The summed E-state index contributed by atoms with van der Waals surface area (Å²) in [4.78, 5) is 13.8. The van der Waals surface area contributed by atoms with Gasteiger partial charge in [0.05, 0.1) is 13.2 Å². The SMILES string of the molecule is CCN(CC)C(=O)CNc1cccc(OCCc2ccccc2)c1. The maximum Gasteiger partial charge on any atom is 0.241 e. The van der Waals surface area contributed by atoms with Crippen molar-refractivity contribution in [2.24, 2.45) is 0 Å². The van der Waals surface area contributed by atoms with Crippen LogP contribution in [-0.2, 0) is 11.2 Å². The first-order valence-electron chi connectivity index (χ1n) is 8.51. The number of ether oxygens (including phenoxy) is 1. The zero-order chi connectivity index (χ0) is 17.2. The van der Waals surface area contributed by atoms with Crippen LogP contribution in [0.15, 0.2) is 54.6 Å². The van der Waals surface area contributed by atoms with Crippen LogP contribution in [0.2, 0.25) is 0 Å². The van der Waals surface area contributed by atoms with Crippen LogP contribution in [0, 0.1) is 0 Å². The second-order valence-electron chi connectivity index (χ2n) is 5.53. The molecule has 0 radical (unpaired) electrons. The molecule has 0 atom stereocenters. The summed E-state index contributed by atoms with van der Waals surface area (Å²) in [6, 6.07) is 18.0. The predicted octanol–water partition coefficient (Wildman–Crippen LogP) is 3.59. The molecule has 0 aliphatic carbocycles. The molecule has 128 valence electrons. The van der Waals surface area contributed by atoms with E-state index in [0.29, 0.717) is 13.2 Å². The fraction of sp³-hybridized carbons (Fsp3) is 0.350. The third-order valence-corrected chi connectivity index (χ3v) is 3.90. The summed E-state index contributed by atoms with van der Waals surface area (Å²) in [5, 5.41) is 3.17. The van der Waals surface area contributed by atoms with Crippen molar-refractivity contribution in [3.63, 3.8) is 0 Å². The van der Waals surface area contributed by atoms with Crippen molar-refractivity contribution >= 4 is 11.6 Å². The third-order valence-electron chi connectivity index (χ3n) is 3.90. The molecule has 1 N–H and O–H groups in total. The van der Waals surface area contributed by atoms with Gasteiger partial charge in [0.1, 0.15) is 5.75 Å². The molecule has 1 amide bonds. The van der Waals surface area contributed by atoms with Gasteiger partial charge in [-0.2, -0.15) is 0 Å². The Balaban J connectivity index is 1.81. The highest BCUT2D eigenvalue weighted by Crippen LogP contribution is 2.17. The van der Waals surface area contributed by atoms with Crippen LogP contribution in [-0.4, -0.2) is 37.0 Å².